The van der Waals surface area contributed by atoms with Gasteiger partial charge in [-0.15, -0.1) is 35.3 Å². The average Bonchev–Trinajstić information content (AvgIpc) is 3.24. The Morgan fingerprint density at radius 3 is 2.83 bits per heavy atom. The van der Waals surface area contributed by atoms with Crippen molar-refractivity contribution in [3.8, 4) is 5.75 Å². The second kappa shape index (κ2) is 12.5. The number of nitrogens with one attached hydrogen (secondary N) is 2. The molecule has 2 heterocycles. The van der Waals surface area contributed by atoms with Gasteiger partial charge in [-0.3, -0.25) is 9.89 Å². The van der Waals surface area contributed by atoms with Gasteiger partial charge in [0.2, 0.25) is 0 Å². The smallest absolute Gasteiger partial charge is 0.191 e. The van der Waals surface area contributed by atoms with E-state index in [9.17, 15) is 4.39 Å². The van der Waals surface area contributed by atoms with E-state index in [1.54, 1.807) is 13.1 Å². The van der Waals surface area contributed by atoms with E-state index in [4.69, 9.17) is 4.74 Å². The first-order valence-electron chi connectivity index (χ1n) is 10.2. The van der Waals surface area contributed by atoms with Crippen molar-refractivity contribution in [3.05, 3.63) is 52.0 Å². The maximum atomic E-state index is 14.0. The molecule has 30 heavy (non-hydrogen) atoms. The maximum absolute atomic E-state index is 14.0. The number of hydrogen-bond acceptors (Lipinski definition) is 4. The second-order valence-corrected chi connectivity index (χ2v) is 8.33. The number of guanidine groups is 1. The molecule has 1 aliphatic heterocycles. The van der Waals surface area contributed by atoms with Gasteiger partial charge in [-0.2, -0.15) is 0 Å². The third kappa shape index (κ3) is 6.55. The standard InChI is InChI=1S/C22H31FN4OS.HI/c1-4-28-19-10-9-16(13-18(19)23)14-25-22(24-2)26-15-17-7-5-11-27(3)21(17)20-8-6-12-29-20;/h6,8-10,12-13,17,21H,4-5,7,11,14-15H2,1-3H3,(H2,24,25,26);1H. The Morgan fingerprint density at radius 2 is 2.17 bits per heavy atom. The van der Waals surface area contributed by atoms with Crippen molar-refractivity contribution in [2.24, 2.45) is 10.9 Å². The summed E-state index contributed by atoms with van der Waals surface area (Å²) in [5, 5.41) is 8.90. The highest BCUT2D eigenvalue weighted by Crippen LogP contribution is 2.36. The fourth-order valence-corrected chi connectivity index (χ4v) is 4.93. The molecule has 5 nitrogen and oxygen atoms in total. The largest absolute Gasteiger partial charge is 0.491 e. The van der Waals surface area contributed by atoms with Gasteiger partial charge in [0.05, 0.1) is 6.61 Å². The molecule has 1 fully saturated rings. The highest BCUT2D eigenvalue weighted by atomic mass is 127. The highest BCUT2D eigenvalue weighted by molar-refractivity contribution is 14.0. The quantitative estimate of drug-likeness (QED) is 0.302. The van der Waals surface area contributed by atoms with Crippen LogP contribution in [0.3, 0.4) is 0 Å². The molecule has 1 aromatic heterocycles. The van der Waals surface area contributed by atoms with E-state index in [2.05, 4.69) is 45.1 Å². The number of halogens is 2. The van der Waals surface area contributed by atoms with Crippen LogP contribution in [-0.4, -0.2) is 44.7 Å². The van der Waals surface area contributed by atoms with Gasteiger partial charge in [0, 0.05) is 31.1 Å². The maximum Gasteiger partial charge on any atom is 0.191 e. The third-order valence-corrected chi connectivity index (χ3v) is 6.30. The normalized spacial score (nSPS) is 19.8. The van der Waals surface area contributed by atoms with Gasteiger partial charge in [0.15, 0.2) is 17.5 Å². The summed E-state index contributed by atoms with van der Waals surface area (Å²) in [6, 6.07) is 9.86. The van der Waals surface area contributed by atoms with Gasteiger partial charge in [-0.1, -0.05) is 12.1 Å². The fraction of sp³-hybridized carbons (Fsp3) is 0.500. The van der Waals surface area contributed by atoms with E-state index in [0.29, 0.717) is 30.9 Å². The third-order valence-electron chi connectivity index (χ3n) is 5.35. The van der Waals surface area contributed by atoms with Gasteiger partial charge in [-0.25, -0.2) is 4.39 Å². The number of aliphatic imine (C=N–C) groups is 1. The second-order valence-electron chi connectivity index (χ2n) is 7.35. The number of hydrogen-bond donors (Lipinski definition) is 2. The molecule has 0 spiro atoms. The van der Waals surface area contributed by atoms with E-state index in [1.807, 2.05) is 24.3 Å². The van der Waals surface area contributed by atoms with Crippen LogP contribution in [0.5, 0.6) is 5.75 Å². The summed E-state index contributed by atoms with van der Waals surface area (Å²) in [7, 11) is 3.97. The van der Waals surface area contributed by atoms with Crippen LogP contribution in [0.25, 0.3) is 0 Å². The SMILES string of the molecule is CCOc1ccc(CNC(=NC)NCC2CCCN(C)C2c2cccs2)cc1F.I. The molecular weight excluding hydrogens is 514 g/mol. The Balaban J connectivity index is 0.00000320. The van der Waals surface area contributed by atoms with Crippen LogP contribution >= 0.6 is 35.3 Å². The Bertz CT molecular complexity index is 802. The van der Waals surface area contributed by atoms with E-state index in [1.165, 1.54) is 23.8 Å². The summed E-state index contributed by atoms with van der Waals surface area (Å²) in [4.78, 5) is 8.21. The topological polar surface area (TPSA) is 48.9 Å². The van der Waals surface area contributed by atoms with Crippen molar-refractivity contribution in [3.63, 3.8) is 0 Å². The van der Waals surface area contributed by atoms with Crippen LogP contribution in [0.1, 0.15) is 36.2 Å². The minimum Gasteiger partial charge on any atom is -0.491 e. The van der Waals surface area contributed by atoms with Crippen molar-refractivity contribution in [1.29, 1.82) is 0 Å². The van der Waals surface area contributed by atoms with Crippen LogP contribution in [0, 0.1) is 11.7 Å². The number of benzene rings is 1. The molecule has 0 amide bonds. The molecule has 0 saturated carbocycles. The van der Waals surface area contributed by atoms with Crippen LogP contribution in [0.2, 0.25) is 0 Å². The average molecular weight is 546 g/mol. The van der Waals surface area contributed by atoms with Crippen LogP contribution in [0.4, 0.5) is 4.39 Å². The molecule has 1 aromatic carbocycles. The molecule has 3 rings (SSSR count). The van der Waals surface area contributed by atoms with Crippen LogP contribution in [-0.2, 0) is 6.54 Å². The molecule has 2 unspecified atom stereocenters. The van der Waals surface area contributed by atoms with Gasteiger partial charge >= 0.3 is 0 Å². The number of likely N-dealkylation sites (tertiary alicyclic amines) is 1. The van der Waals surface area contributed by atoms with Crippen molar-refractivity contribution in [2.75, 3.05) is 33.8 Å². The summed E-state index contributed by atoms with van der Waals surface area (Å²) in [5.74, 6) is 1.21. The summed E-state index contributed by atoms with van der Waals surface area (Å²) in [6.07, 6.45) is 2.41. The molecule has 2 atom stereocenters. The minimum atomic E-state index is -0.335. The number of ether oxygens (including phenoxy) is 1. The molecule has 0 bridgehead atoms. The number of thiophene rings is 1. The number of nitrogens with zero attached hydrogens (tertiary/aromatic N) is 2. The minimum absolute atomic E-state index is 0. The molecule has 1 saturated heterocycles. The first-order valence-corrected chi connectivity index (χ1v) is 11.1. The summed E-state index contributed by atoms with van der Waals surface area (Å²) >= 11 is 1.83. The highest BCUT2D eigenvalue weighted by Gasteiger charge is 2.31. The molecule has 166 valence electrons. The summed E-state index contributed by atoms with van der Waals surface area (Å²) in [6.45, 7) is 4.78. The zero-order valence-electron chi connectivity index (χ0n) is 17.9. The molecule has 2 aromatic rings. The Morgan fingerprint density at radius 1 is 1.33 bits per heavy atom. The van der Waals surface area contributed by atoms with E-state index in [0.717, 1.165) is 24.6 Å². The van der Waals surface area contributed by atoms with Crippen molar-refractivity contribution >= 4 is 41.3 Å². The van der Waals surface area contributed by atoms with Crippen molar-refractivity contribution < 1.29 is 9.13 Å². The molecular formula is C22H32FIN4OS. The fourth-order valence-electron chi connectivity index (χ4n) is 3.94. The molecule has 2 N–H and O–H groups in total. The van der Waals surface area contributed by atoms with Crippen molar-refractivity contribution in [2.45, 2.75) is 32.4 Å². The number of piperidine rings is 1. The lowest BCUT2D eigenvalue weighted by Crippen LogP contribution is -2.44. The Hall–Kier alpha value is -1.39. The van der Waals surface area contributed by atoms with E-state index < -0.39 is 0 Å². The van der Waals surface area contributed by atoms with Crippen LogP contribution < -0.4 is 15.4 Å². The van der Waals surface area contributed by atoms with Gasteiger partial charge in [0.1, 0.15) is 0 Å². The first-order chi connectivity index (χ1) is 14.1. The lowest BCUT2D eigenvalue weighted by atomic mass is 9.88. The van der Waals surface area contributed by atoms with Gasteiger partial charge in [-0.05, 0) is 68.4 Å². The van der Waals surface area contributed by atoms with Gasteiger partial charge < -0.3 is 15.4 Å². The van der Waals surface area contributed by atoms with Gasteiger partial charge in [0.25, 0.3) is 0 Å². The molecule has 1 aliphatic rings. The zero-order chi connectivity index (χ0) is 20.6. The molecule has 0 radical (unpaired) electrons. The Kier molecular flexibility index (Phi) is 10.3. The Labute approximate surface area is 200 Å². The zero-order valence-corrected chi connectivity index (χ0v) is 21.0. The molecule has 8 heteroatoms. The predicted molar refractivity (Wildman–Crippen MR) is 134 cm³/mol. The summed E-state index contributed by atoms with van der Waals surface area (Å²) < 4.78 is 19.3. The lowest BCUT2D eigenvalue weighted by Gasteiger charge is -2.39. The number of rotatable bonds is 7. The summed E-state index contributed by atoms with van der Waals surface area (Å²) in [5.41, 5.74) is 0.850. The monoisotopic (exact) mass is 546 g/mol. The first kappa shape index (κ1) is 24.9. The molecule has 0 aliphatic carbocycles. The van der Waals surface area contributed by atoms with Crippen molar-refractivity contribution in [1.82, 2.24) is 15.5 Å². The van der Waals surface area contributed by atoms with E-state index >= 15 is 0 Å². The van der Waals surface area contributed by atoms with E-state index in [-0.39, 0.29) is 29.8 Å². The lowest BCUT2D eigenvalue weighted by molar-refractivity contribution is 0.125. The predicted octanol–water partition coefficient (Wildman–Crippen LogP) is 4.65. The van der Waals surface area contributed by atoms with Crippen LogP contribution in [0.15, 0.2) is 40.7 Å².